The van der Waals surface area contributed by atoms with Crippen molar-refractivity contribution >= 4 is 27.7 Å². The third-order valence-corrected chi connectivity index (χ3v) is 7.62. The Morgan fingerprint density at radius 3 is 2.52 bits per heavy atom. The van der Waals surface area contributed by atoms with Gasteiger partial charge in [-0.05, 0) is 56.4 Å². The summed E-state index contributed by atoms with van der Waals surface area (Å²) < 4.78 is 31.6. The van der Waals surface area contributed by atoms with Crippen LogP contribution < -0.4 is 0 Å². The molecule has 0 aromatic heterocycles. The molecule has 2 heterocycles. The van der Waals surface area contributed by atoms with Crippen LogP contribution in [0.25, 0.3) is 0 Å². The van der Waals surface area contributed by atoms with Crippen LogP contribution >= 0.6 is 11.6 Å². The normalized spacial score (nSPS) is 22.6. The summed E-state index contributed by atoms with van der Waals surface area (Å²) in [5, 5.41) is 0.648. The molecule has 0 saturated carbocycles. The predicted molar refractivity (Wildman–Crippen MR) is 106 cm³/mol. The van der Waals surface area contributed by atoms with E-state index in [0.717, 1.165) is 11.1 Å². The van der Waals surface area contributed by atoms with Gasteiger partial charge in [-0.3, -0.25) is 0 Å². The minimum absolute atomic E-state index is 0.262. The van der Waals surface area contributed by atoms with Crippen molar-refractivity contribution < 1.29 is 17.9 Å². The lowest BCUT2D eigenvalue weighted by Crippen LogP contribution is -2.54. The van der Waals surface area contributed by atoms with Gasteiger partial charge >= 0.3 is 6.09 Å². The highest BCUT2D eigenvalue weighted by atomic mass is 35.5. The highest BCUT2D eigenvalue weighted by Crippen LogP contribution is 2.47. The Labute approximate surface area is 166 Å². The van der Waals surface area contributed by atoms with Crippen molar-refractivity contribution in [2.24, 2.45) is 0 Å². The lowest BCUT2D eigenvalue weighted by atomic mass is 9.68. The first-order chi connectivity index (χ1) is 12.6. The summed E-state index contributed by atoms with van der Waals surface area (Å²) in [6.45, 7) is 7.54. The number of piperidine rings is 1. The van der Waals surface area contributed by atoms with E-state index >= 15 is 0 Å². The van der Waals surface area contributed by atoms with Crippen molar-refractivity contribution in [2.45, 2.75) is 45.1 Å². The molecule has 1 aromatic rings. The van der Waals surface area contributed by atoms with E-state index in [-0.39, 0.29) is 17.6 Å². The molecule has 27 heavy (non-hydrogen) atoms. The number of sulfonamides is 1. The van der Waals surface area contributed by atoms with E-state index in [9.17, 15) is 13.2 Å². The van der Waals surface area contributed by atoms with Gasteiger partial charge in [-0.1, -0.05) is 17.7 Å². The lowest BCUT2D eigenvalue weighted by molar-refractivity contribution is 0.0769. The van der Waals surface area contributed by atoms with Crippen molar-refractivity contribution in [3.63, 3.8) is 0 Å². The number of rotatable bonds is 2. The zero-order chi connectivity index (χ0) is 20.0. The second-order valence-electron chi connectivity index (χ2n) is 7.64. The minimum Gasteiger partial charge on any atom is -0.450 e. The fraction of sp³-hybridized carbons (Fsp3) is 0.632. The number of aryl methyl sites for hydroxylation is 1. The molecule has 8 heteroatoms. The highest BCUT2D eigenvalue weighted by molar-refractivity contribution is 7.88. The molecule has 2 aliphatic rings. The van der Waals surface area contributed by atoms with Gasteiger partial charge in [0.05, 0.1) is 12.9 Å². The molecule has 1 atom stereocenters. The molecule has 1 spiro atoms. The zero-order valence-electron chi connectivity index (χ0n) is 16.3. The van der Waals surface area contributed by atoms with Gasteiger partial charge in [0, 0.05) is 36.1 Å². The number of nitrogens with zero attached hydrogens (tertiary/aromatic N) is 2. The lowest BCUT2D eigenvalue weighted by Gasteiger charge is -2.50. The van der Waals surface area contributed by atoms with E-state index in [1.165, 1.54) is 11.8 Å². The molecule has 0 aliphatic carbocycles. The molecule has 0 radical (unpaired) electrons. The summed E-state index contributed by atoms with van der Waals surface area (Å²) in [5.41, 5.74) is 2.80. The molecule has 1 fully saturated rings. The molecule has 3 rings (SSSR count). The van der Waals surface area contributed by atoms with E-state index in [4.69, 9.17) is 16.3 Å². The number of ether oxygens (including phenoxy) is 1. The van der Waals surface area contributed by atoms with Crippen molar-refractivity contribution in [2.75, 3.05) is 32.5 Å². The summed E-state index contributed by atoms with van der Waals surface area (Å²) in [4.78, 5) is 13.8. The summed E-state index contributed by atoms with van der Waals surface area (Å²) >= 11 is 6.36. The fourth-order valence-corrected chi connectivity index (χ4v) is 5.68. The number of hydrogen-bond donors (Lipinski definition) is 0. The maximum absolute atomic E-state index is 12.5. The van der Waals surface area contributed by atoms with Gasteiger partial charge in [0.15, 0.2) is 0 Å². The Morgan fingerprint density at radius 1 is 1.33 bits per heavy atom. The largest absolute Gasteiger partial charge is 0.450 e. The number of hydrogen-bond acceptors (Lipinski definition) is 4. The Morgan fingerprint density at radius 2 is 1.96 bits per heavy atom. The van der Waals surface area contributed by atoms with Gasteiger partial charge < -0.3 is 9.64 Å². The Hall–Kier alpha value is -1.31. The number of halogens is 1. The maximum Gasteiger partial charge on any atom is 0.409 e. The Balaban J connectivity index is 2.01. The molecule has 1 aromatic carbocycles. The molecule has 150 valence electrons. The second kappa shape index (κ2) is 7.26. The first-order valence-electron chi connectivity index (χ1n) is 9.28. The smallest absolute Gasteiger partial charge is 0.409 e. The highest BCUT2D eigenvalue weighted by Gasteiger charge is 2.47. The summed E-state index contributed by atoms with van der Waals surface area (Å²) in [6.07, 6.45) is 2.34. The molecule has 6 nitrogen and oxygen atoms in total. The van der Waals surface area contributed by atoms with Gasteiger partial charge in [-0.25, -0.2) is 13.2 Å². The van der Waals surface area contributed by atoms with Gasteiger partial charge in [0.1, 0.15) is 0 Å². The molecular formula is C19H27ClN2O4S. The van der Waals surface area contributed by atoms with E-state index in [2.05, 4.69) is 6.07 Å². The average molecular weight is 415 g/mol. The number of carbonyl (C=O) groups excluding carboxylic acids is 1. The van der Waals surface area contributed by atoms with Crippen LogP contribution in [0.5, 0.6) is 0 Å². The molecule has 2 aliphatic heterocycles. The maximum atomic E-state index is 12.5. The van der Waals surface area contributed by atoms with Crippen molar-refractivity contribution in [1.82, 2.24) is 9.21 Å². The van der Waals surface area contributed by atoms with Crippen molar-refractivity contribution in [3.05, 3.63) is 33.8 Å². The molecule has 1 amide bonds. The van der Waals surface area contributed by atoms with E-state index in [1.54, 1.807) is 16.1 Å². The molecular weight excluding hydrogens is 388 g/mol. The Kier molecular flexibility index (Phi) is 5.49. The molecule has 1 unspecified atom stereocenters. The number of fused-ring (bicyclic) bond motifs is 2. The fourth-order valence-electron chi connectivity index (χ4n) is 4.34. The van der Waals surface area contributed by atoms with Crippen LogP contribution in [-0.4, -0.2) is 56.2 Å². The number of benzene rings is 1. The van der Waals surface area contributed by atoms with Crippen molar-refractivity contribution in [3.8, 4) is 0 Å². The predicted octanol–water partition coefficient (Wildman–Crippen LogP) is 3.47. The molecule has 0 N–H and O–H groups in total. The topological polar surface area (TPSA) is 66.9 Å². The standard InChI is InChI=1S/C19H27ClN2O4S/c1-5-26-18(23)21-8-6-19(7-9-21)12-22(27(4,24)25)14(3)15-11-17(20)13(2)10-16(15)19/h10-11,14H,5-9,12H2,1-4H3. The summed E-state index contributed by atoms with van der Waals surface area (Å²) in [7, 11) is -3.37. The average Bonchev–Trinajstić information content (AvgIpc) is 2.60. The van der Waals surface area contributed by atoms with Crippen LogP contribution in [0.15, 0.2) is 12.1 Å². The van der Waals surface area contributed by atoms with E-state index in [0.29, 0.717) is 44.1 Å². The van der Waals surface area contributed by atoms with Crippen LogP contribution in [0, 0.1) is 6.92 Å². The number of amides is 1. The molecule has 0 bridgehead atoms. The van der Waals surface area contributed by atoms with Gasteiger partial charge in [-0.15, -0.1) is 0 Å². The SMILES string of the molecule is CCOC(=O)N1CCC2(CC1)CN(S(C)(=O)=O)C(C)c1cc(Cl)c(C)cc12. The van der Waals surface area contributed by atoms with Crippen molar-refractivity contribution in [1.29, 1.82) is 0 Å². The molecule has 1 saturated heterocycles. The van der Waals surface area contributed by atoms with E-state index < -0.39 is 10.0 Å². The second-order valence-corrected chi connectivity index (χ2v) is 9.98. The van der Waals surface area contributed by atoms with E-state index in [1.807, 2.05) is 19.9 Å². The van der Waals surface area contributed by atoms with Crippen LogP contribution in [0.4, 0.5) is 4.79 Å². The van der Waals surface area contributed by atoms with Crippen LogP contribution in [0.2, 0.25) is 5.02 Å². The monoisotopic (exact) mass is 414 g/mol. The number of carbonyl (C=O) groups is 1. The summed E-state index contributed by atoms with van der Waals surface area (Å²) in [5.74, 6) is 0. The first kappa shape index (κ1) is 20.4. The number of likely N-dealkylation sites (tertiary alicyclic amines) is 1. The van der Waals surface area contributed by atoms with Crippen LogP contribution in [0.1, 0.15) is 49.4 Å². The zero-order valence-corrected chi connectivity index (χ0v) is 17.9. The van der Waals surface area contributed by atoms with Gasteiger partial charge in [0.2, 0.25) is 10.0 Å². The third-order valence-electron chi connectivity index (χ3n) is 5.92. The minimum atomic E-state index is -3.37. The summed E-state index contributed by atoms with van der Waals surface area (Å²) in [6, 6.07) is 3.75. The van der Waals surface area contributed by atoms with Crippen LogP contribution in [0.3, 0.4) is 0 Å². The van der Waals surface area contributed by atoms with Gasteiger partial charge in [-0.2, -0.15) is 4.31 Å². The Bertz CT molecular complexity index is 848. The third kappa shape index (κ3) is 3.69. The van der Waals surface area contributed by atoms with Crippen LogP contribution in [-0.2, 0) is 20.2 Å². The quantitative estimate of drug-likeness (QED) is 0.743. The van der Waals surface area contributed by atoms with Gasteiger partial charge in [0.25, 0.3) is 0 Å². The first-order valence-corrected chi connectivity index (χ1v) is 11.5.